The van der Waals surface area contributed by atoms with Crippen molar-refractivity contribution in [2.75, 3.05) is 0 Å². The van der Waals surface area contributed by atoms with E-state index < -0.39 is 35.3 Å². The summed E-state index contributed by atoms with van der Waals surface area (Å²) in [5, 5.41) is 24.6. The van der Waals surface area contributed by atoms with Gasteiger partial charge in [-0.3, -0.25) is 29.6 Å². The van der Waals surface area contributed by atoms with E-state index in [-0.39, 0.29) is 32.5 Å². The lowest BCUT2D eigenvalue weighted by molar-refractivity contribution is -0.101. The van der Waals surface area contributed by atoms with Gasteiger partial charge in [0.15, 0.2) is 5.82 Å². The third kappa shape index (κ3) is 2.18. The molecule has 2 aromatic rings. The first-order valence-corrected chi connectivity index (χ1v) is 8.63. The second kappa shape index (κ2) is 6.07. The lowest BCUT2D eigenvalue weighted by Gasteiger charge is -2.33. The largest absolute Gasteiger partial charge is 0.281 e. The molecule has 0 radical (unpaired) electrons. The van der Waals surface area contributed by atoms with Crippen molar-refractivity contribution in [2.45, 2.75) is 0 Å². The number of imide groups is 2. The zero-order valence-corrected chi connectivity index (χ0v) is 15.0. The lowest BCUT2D eigenvalue weighted by atomic mass is 10.1. The van der Waals surface area contributed by atoms with Gasteiger partial charge in [0.25, 0.3) is 23.6 Å². The van der Waals surface area contributed by atoms with Crippen molar-refractivity contribution in [2.24, 2.45) is 5.10 Å². The van der Waals surface area contributed by atoms with Crippen LogP contribution in [-0.2, 0) is 0 Å². The van der Waals surface area contributed by atoms with Crippen molar-refractivity contribution in [3.63, 3.8) is 0 Å². The average molecular weight is 405 g/mol. The van der Waals surface area contributed by atoms with Gasteiger partial charge in [0.2, 0.25) is 5.82 Å². The maximum Gasteiger partial charge on any atom is 0.267 e. The molecule has 0 aliphatic carbocycles. The van der Waals surface area contributed by atoms with Gasteiger partial charge in [-0.1, -0.05) is 24.3 Å². The quantitative estimate of drug-likeness (QED) is 0.708. The Labute approximate surface area is 167 Å². The number of nitrogens with zero attached hydrogens (tertiary/aromatic N) is 5. The number of fused-ring (bicyclic) bond motifs is 2. The van der Waals surface area contributed by atoms with Crippen LogP contribution in [0.25, 0.3) is 0 Å². The number of carbonyl (C=O) groups is 4. The van der Waals surface area contributed by atoms with Crippen LogP contribution in [0.3, 0.4) is 0 Å². The van der Waals surface area contributed by atoms with Crippen LogP contribution >= 0.6 is 0 Å². The van der Waals surface area contributed by atoms with Crippen LogP contribution in [0.1, 0.15) is 41.4 Å². The van der Waals surface area contributed by atoms with Crippen LogP contribution < -0.4 is 0 Å². The molecule has 0 fully saturated rings. The first kappa shape index (κ1) is 17.7. The van der Waals surface area contributed by atoms with Gasteiger partial charge in [-0.2, -0.15) is 5.06 Å². The van der Waals surface area contributed by atoms with E-state index in [1.807, 2.05) is 0 Å². The Morgan fingerprint density at radius 1 is 0.600 bits per heavy atom. The van der Waals surface area contributed by atoms with Gasteiger partial charge in [-0.05, 0) is 24.3 Å². The molecule has 3 heterocycles. The highest BCUT2D eigenvalue weighted by molar-refractivity contribution is 6.24. The molecule has 4 amide bonds. The van der Waals surface area contributed by atoms with Crippen LogP contribution in [0.5, 0.6) is 0 Å². The molecule has 2 N–H and O–H groups in total. The molecule has 3 aliphatic rings. The number of hydrogen-bond acceptors (Lipinski definition) is 9. The minimum absolute atomic E-state index is 0.0594. The highest BCUT2D eigenvalue weighted by atomic mass is 16.6. The first-order valence-electron chi connectivity index (χ1n) is 8.63. The minimum Gasteiger partial charge on any atom is -0.281 e. The molecular formula is C19H11N5O6. The molecule has 5 rings (SSSR count). The number of carbonyl (C=O) groups excluding carboxylic acids is 4. The summed E-state index contributed by atoms with van der Waals surface area (Å²) in [6, 6.07) is 11.9. The number of rotatable bonds is 2. The van der Waals surface area contributed by atoms with Crippen molar-refractivity contribution in [3.05, 3.63) is 82.4 Å². The molecule has 11 nitrogen and oxygen atoms in total. The summed E-state index contributed by atoms with van der Waals surface area (Å²) in [5.41, 5.74) is 0.252. The molecule has 30 heavy (non-hydrogen) atoms. The topological polar surface area (TPSA) is 134 Å². The Kier molecular flexibility index (Phi) is 3.59. The molecule has 0 spiro atoms. The predicted octanol–water partition coefficient (Wildman–Crippen LogP) is 1.04. The Morgan fingerprint density at radius 3 is 1.37 bits per heavy atom. The number of hydrazone groups is 1. The van der Waals surface area contributed by atoms with E-state index in [1.165, 1.54) is 24.3 Å². The van der Waals surface area contributed by atoms with Gasteiger partial charge >= 0.3 is 0 Å². The highest BCUT2D eigenvalue weighted by Gasteiger charge is 2.48. The highest BCUT2D eigenvalue weighted by Crippen LogP contribution is 2.35. The molecule has 148 valence electrons. The van der Waals surface area contributed by atoms with E-state index in [1.54, 1.807) is 24.3 Å². The molecule has 0 saturated carbocycles. The third-order valence-electron chi connectivity index (χ3n) is 4.89. The van der Waals surface area contributed by atoms with E-state index in [2.05, 4.69) is 5.10 Å². The number of hydroxylamine groups is 3. The van der Waals surface area contributed by atoms with Crippen LogP contribution in [0.2, 0.25) is 0 Å². The number of hydrogen-bond donors (Lipinski definition) is 2. The van der Waals surface area contributed by atoms with Gasteiger partial charge < -0.3 is 0 Å². The smallest absolute Gasteiger partial charge is 0.267 e. The summed E-state index contributed by atoms with van der Waals surface area (Å²) in [4.78, 5) is 52.7. The van der Waals surface area contributed by atoms with Crippen molar-refractivity contribution >= 4 is 30.0 Å². The maximum atomic E-state index is 12.9. The summed E-state index contributed by atoms with van der Waals surface area (Å²) in [6.07, 6.45) is 0.709. The lowest BCUT2D eigenvalue weighted by Crippen LogP contribution is -2.48. The fourth-order valence-corrected chi connectivity index (χ4v) is 3.55. The Morgan fingerprint density at radius 2 is 0.967 bits per heavy atom. The predicted molar refractivity (Wildman–Crippen MR) is 96.7 cm³/mol. The molecule has 0 aromatic heterocycles. The minimum atomic E-state index is -0.816. The molecule has 3 aliphatic heterocycles. The third-order valence-corrected chi connectivity index (χ3v) is 4.89. The zero-order chi connectivity index (χ0) is 21.2. The van der Waals surface area contributed by atoms with Gasteiger partial charge in [0, 0.05) is 0 Å². The van der Waals surface area contributed by atoms with Crippen molar-refractivity contribution in [1.82, 2.24) is 20.0 Å². The molecule has 0 bridgehead atoms. The molecule has 2 aromatic carbocycles. The van der Waals surface area contributed by atoms with Gasteiger partial charge in [-0.25, -0.2) is 9.80 Å². The Hall–Kier alpha value is -4.35. The summed E-state index contributed by atoms with van der Waals surface area (Å²) < 4.78 is 0. The number of amides is 4. The van der Waals surface area contributed by atoms with Crippen molar-refractivity contribution in [1.29, 1.82) is 0 Å². The summed E-state index contributed by atoms with van der Waals surface area (Å²) >= 11 is 0. The van der Waals surface area contributed by atoms with E-state index >= 15 is 0 Å². The first-order chi connectivity index (χ1) is 14.4. The van der Waals surface area contributed by atoms with Gasteiger partial charge in [0.05, 0.1) is 22.3 Å². The number of benzene rings is 2. The standard InChI is InChI=1S/C19H11N5O6/c25-16-10-5-1-2-6-11(10)17(26)22(16)14-15(24(30)20-9-21(14)29)23-18(27)12-7-3-4-8-13(12)19(23)28/h1-9,29-30H. The summed E-state index contributed by atoms with van der Waals surface area (Å²) in [6.45, 7) is 0. The fraction of sp³-hybridized carbons (Fsp3) is 0. The van der Waals surface area contributed by atoms with Crippen LogP contribution in [-0.4, -0.2) is 60.4 Å². The normalized spacial score (nSPS) is 18.1. The second-order valence-corrected chi connectivity index (χ2v) is 6.49. The van der Waals surface area contributed by atoms with Crippen LogP contribution in [0.15, 0.2) is 65.3 Å². The Balaban J connectivity index is 1.70. The second-order valence-electron chi connectivity index (χ2n) is 6.49. The fourth-order valence-electron chi connectivity index (χ4n) is 3.55. The molecule has 11 heteroatoms. The van der Waals surface area contributed by atoms with Gasteiger partial charge in [-0.15, -0.1) is 10.3 Å². The van der Waals surface area contributed by atoms with E-state index in [4.69, 9.17) is 0 Å². The summed E-state index contributed by atoms with van der Waals surface area (Å²) in [5.74, 6) is -4.52. The zero-order valence-electron chi connectivity index (χ0n) is 15.0. The van der Waals surface area contributed by atoms with E-state index in [0.717, 1.165) is 0 Å². The van der Waals surface area contributed by atoms with Crippen molar-refractivity contribution < 1.29 is 29.6 Å². The Bertz CT molecular complexity index is 1070. The average Bonchev–Trinajstić information content (AvgIpc) is 3.15. The molecule has 0 saturated heterocycles. The summed E-state index contributed by atoms with van der Waals surface area (Å²) in [7, 11) is 0. The molecular weight excluding hydrogens is 394 g/mol. The SMILES string of the molecule is O=C1c2ccccc2C(=O)N1C1=C(N2C(=O)c3ccccc3C2=O)N(O)N=CN1O. The van der Waals surface area contributed by atoms with E-state index in [9.17, 15) is 29.6 Å². The maximum absolute atomic E-state index is 12.9. The van der Waals surface area contributed by atoms with Crippen molar-refractivity contribution in [3.8, 4) is 0 Å². The monoisotopic (exact) mass is 405 g/mol. The molecule has 0 unspecified atom stereocenters. The van der Waals surface area contributed by atoms with Gasteiger partial charge in [0.1, 0.15) is 6.34 Å². The van der Waals surface area contributed by atoms with Crippen LogP contribution in [0.4, 0.5) is 0 Å². The van der Waals surface area contributed by atoms with E-state index in [0.29, 0.717) is 16.1 Å². The molecule has 0 atom stereocenters. The van der Waals surface area contributed by atoms with Crippen LogP contribution in [0, 0.1) is 0 Å².